The Hall–Kier alpha value is -1.87. The van der Waals surface area contributed by atoms with Gasteiger partial charge < -0.3 is 5.11 Å². The van der Waals surface area contributed by atoms with Crippen molar-refractivity contribution in [3.63, 3.8) is 0 Å². The number of carboxylic acids is 1. The van der Waals surface area contributed by atoms with Crippen LogP contribution in [0.1, 0.15) is 18.9 Å². The summed E-state index contributed by atoms with van der Waals surface area (Å²) < 4.78 is 1.21. The predicted molar refractivity (Wildman–Crippen MR) is 76.9 cm³/mol. The molecular formula is C15H14O2S. The molecule has 1 aromatic carbocycles. The Kier molecular flexibility index (Phi) is 3.63. The van der Waals surface area contributed by atoms with Gasteiger partial charge in [0.05, 0.1) is 5.57 Å². The minimum Gasteiger partial charge on any atom is -0.478 e. The van der Waals surface area contributed by atoms with Crippen molar-refractivity contribution in [3.8, 4) is 0 Å². The molecule has 1 N–H and O–H groups in total. The third-order valence-electron chi connectivity index (χ3n) is 2.83. The summed E-state index contributed by atoms with van der Waals surface area (Å²) in [4.78, 5) is 11.2. The van der Waals surface area contributed by atoms with Gasteiger partial charge in [-0.3, -0.25) is 0 Å². The molecule has 2 rings (SSSR count). The topological polar surface area (TPSA) is 37.3 Å². The zero-order chi connectivity index (χ0) is 13.1. The highest BCUT2D eigenvalue weighted by Crippen LogP contribution is 2.24. The molecule has 1 heterocycles. The second kappa shape index (κ2) is 5.19. The number of carboxylic acid groups (broad SMARTS) is 1. The van der Waals surface area contributed by atoms with Crippen LogP contribution in [0.5, 0.6) is 0 Å². The van der Waals surface area contributed by atoms with Gasteiger partial charge in [-0.05, 0) is 52.6 Å². The molecule has 2 nitrogen and oxygen atoms in total. The first-order chi connectivity index (χ1) is 8.61. The van der Waals surface area contributed by atoms with Crippen LogP contribution in [0, 0.1) is 0 Å². The molecule has 2 aromatic rings. The van der Waals surface area contributed by atoms with Crippen LogP contribution < -0.4 is 0 Å². The molecule has 0 radical (unpaired) electrons. The van der Waals surface area contributed by atoms with E-state index in [1.165, 1.54) is 4.70 Å². The average Bonchev–Trinajstić information content (AvgIpc) is 2.82. The lowest BCUT2D eigenvalue weighted by Crippen LogP contribution is -2.02. The van der Waals surface area contributed by atoms with Crippen LogP contribution in [0.4, 0.5) is 0 Å². The Morgan fingerprint density at radius 2 is 2.22 bits per heavy atom. The van der Waals surface area contributed by atoms with Crippen molar-refractivity contribution in [3.05, 3.63) is 52.9 Å². The lowest BCUT2D eigenvalue weighted by molar-refractivity contribution is -0.132. The average molecular weight is 258 g/mol. The Labute approximate surface area is 110 Å². The number of fused-ring (bicyclic) bond motifs is 1. The van der Waals surface area contributed by atoms with Crippen molar-refractivity contribution < 1.29 is 9.90 Å². The summed E-state index contributed by atoms with van der Waals surface area (Å²) in [5, 5.41) is 12.4. The van der Waals surface area contributed by atoms with Gasteiger partial charge >= 0.3 is 5.97 Å². The minimum absolute atomic E-state index is 0.284. The van der Waals surface area contributed by atoms with Gasteiger partial charge in [-0.1, -0.05) is 19.6 Å². The fourth-order valence-electron chi connectivity index (χ4n) is 1.75. The summed E-state index contributed by atoms with van der Waals surface area (Å²) in [7, 11) is 0. The first kappa shape index (κ1) is 12.6. The summed E-state index contributed by atoms with van der Waals surface area (Å²) in [5.74, 6) is -0.924. The molecule has 1 aromatic heterocycles. The van der Waals surface area contributed by atoms with Gasteiger partial charge in [-0.25, -0.2) is 4.79 Å². The Balaban J connectivity index is 2.45. The fraction of sp³-hybridized carbons (Fsp3) is 0.133. The number of thiophene rings is 1. The normalized spacial score (nSPS) is 11.7. The number of carbonyl (C=O) groups is 1. The van der Waals surface area contributed by atoms with Crippen LogP contribution in [-0.2, 0) is 4.79 Å². The molecule has 0 aliphatic carbocycles. The molecule has 18 heavy (non-hydrogen) atoms. The molecule has 0 fully saturated rings. The predicted octanol–water partition coefficient (Wildman–Crippen LogP) is 4.34. The van der Waals surface area contributed by atoms with Gasteiger partial charge in [0, 0.05) is 4.70 Å². The third kappa shape index (κ3) is 2.51. The number of hydrogen-bond acceptors (Lipinski definition) is 2. The van der Waals surface area contributed by atoms with Crippen molar-refractivity contribution in [1.29, 1.82) is 0 Å². The van der Waals surface area contributed by atoms with Crippen molar-refractivity contribution >= 4 is 33.5 Å². The highest BCUT2D eigenvalue weighted by atomic mass is 32.1. The Morgan fingerprint density at radius 1 is 1.44 bits per heavy atom. The molecule has 92 valence electrons. The molecule has 0 spiro atoms. The maximum Gasteiger partial charge on any atom is 0.335 e. The standard InChI is InChI=1S/C15H14O2S/c1-3-10(2)13(15(16)17)9-11-4-5-14-12(8-11)6-7-18-14/h4-9H,2-3H2,1H3,(H,16,17). The fourth-order valence-corrected chi connectivity index (χ4v) is 2.52. The molecule has 0 saturated heterocycles. The largest absolute Gasteiger partial charge is 0.478 e. The van der Waals surface area contributed by atoms with Crippen molar-refractivity contribution in [2.45, 2.75) is 13.3 Å². The lowest BCUT2D eigenvalue weighted by atomic mass is 10.0. The van der Waals surface area contributed by atoms with Crippen LogP contribution in [0.3, 0.4) is 0 Å². The third-order valence-corrected chi connectivity index (χ3v) is 3.72. The second-order valence-corrected chi connectivity index (χ2v) is 4.99. The lowest BCUT2D eigenvalue weighted by Gasteiger charge is -2.04. The van der Waals surface area contributed by atoms with Crippen LogP contribution in [0.25, 0.3) is 16.2 Å². The first-order valence-electron chi connectivity index (χ1n) is 5.72. The number of rotatable bonds is 4. The van der Waals surface area contributed by atoms with E-state index in [-0.39, 0.29) is 5.57 Å². The van der Waals surface area contributed by atoms with Gasteiger partial charge in [0.1, 0.15) is 0 Å². The summed E-state index contributed by atoms with van der Waals surface area (Å²) in [6, 6.07) is 7.98. The molecule has 0 aliphatic heterocycles. The number of hydrogen-bond donors (Lipinski definition) is 1. The molecule has 0 aliphatic rings. The van der Waals surface area contributed by atoms with E-state index in [0.29, 0.717) is 12.0 Å². The summed E-state index contributed by atoms with van der Waals surface area (Å²) in [5.41, 5.74) is 1.83. The van der Waals surface area contributed by atoms with E-state index < -0.39 is 5.97 Å². The van der Waals surface area contributed by atoms with E-state index in [4.69, 9.17) is 0 Å². The molecule has 0 saturated carbocycles. The van der Waals surface area contributed by atoms with Gasteiger partial charge in [-0.15, -0.1) is 11.3 Å². The van der Waals surface area contributed by atoms with Crippen molar-refractivity contribution in [2.24, 2.45) is 0 Å². The van der Waals surface area contributed by atoms with Crippen molar-refractivity contribution in [2.75, 3.05) is 0 Å². The van der Waals surface area contributed by atoms with Crippen LogP contribution in [0.15, 0.2) is 47.4 Å². The van der Waals surface area contributed by atoms with E-state index in [9.17, 15) is 9.90 Å². The van der Waals surface area contributed by atoms with Crippen molar-refractivity contribution in [1.82, 2.24) is 0 Å². The maximum atomic E-state index is 11.2. The maximum absolute atomic E-state index is 11.2. The summed E-state index contributed by atoms with van der Waals surface area (Å²) in [6.07, 6.45) is 2.32. The van der Waals surface area contributed by atoms with E-state index in [1.54, 1.807) is 17.4 Å². The monoisotopic (exact) mass is 258 g/mol. The van der Waals surface area contributed by atoms with E-state index in [2.05, 4.69) is 6.58 Å². The summed E-state index contributed by atoms with van der Waals surface area (Å²) in [6.45, 7) is 5.70. The SMILES string of the molecule is C=C(CC)C(=Cc1ccc2sccc2c1)C(=O)O. The molecule has 0 atom stereocenters. The van der Waals surface area contributed by atoms with Gasteiger partial charge in [-0.2, -0.15) is 0 Å². The highest BCUT2D eigenvalue weighted by Gasteiger charge is 2.10. The van der Waals surface area contributed by atoms with E-state index in [1.807, 2.05) is 36.6 Å². The smallest absolute Gasteiger partial charge is 0.335 e. The van der Waals surface area contributed by atoms with Gasteiger partial charge in [0.15, 0.2) is 0 Å². The zero-order valence-electron chi connectivity index (χ0n) is 10.1. The summed E-state index contributed by atoms with van der Waals surface area (Å²) >= 11 is 1.68. The van der Waals surface area contributed by atoms with Crippen LogP contribution in [0.2, 0.25) is 0 Å². The number of benzene rings is 1. The molecular weight excluding hydrogens is 244 g/mol. The van der Waals surface area contributed by atoms with E-state index in [0.717, 1.165) is 10.9 Å². The first-order valence-corrected chi connectivity index (χ1v) is 6.60. The van der Waals surface area contributed by atoms with E-state index >= 15 is 0 Å². The van der Waals surface area contributed by atoms with Crippen LogP contribution in [-0.4, -0.2) is 11.1 Å². The quantitative estimate of drug-likeness (QED) is 0.654. The number of aliphatic carboxylic acids is 1. The Bertz CT molecular complexity index is 635. The zero-order valence-corrected chi connectivity index (χ0v) is 11.0. The second-order valence-electron chi connectivity index (χ2n) is 4.04. The molecule has 0 unspecified atom stereocenters. The molecule has 0 bridgehead atoms. The van der Waals surface area contributed by atoms with Gasteiger partial charge in [0.2, 0.25) is 0 Å². The molecule has 3 heteroatoms. The molecule has 0 amide bonds. The minimum atomic E-state index is -0.924. The van der Waals surface area contributed by atoms with Crippen LogP contribution >= 0.6 is 11.3 Å². The van der Waals surface area contributed by atoms with Gasteiger partial charge in [0.25, 0.3) is 0 Å². The highest BCUT2D eigenvalue weighted by molar-refractivity contribution is 7.17. The Morgan fingerprint density at radius 3 is 2.89 bits per heavy atom.